The Morgan fingerprint density at radius 2 is 2.14 bits per heavy atom. The zero-order valence-corrected chi connectivity index (χ0v) is 12.3. The summed E-state index contributed by atoms with van der Waals surface area (Å²) < 4.78 is 6.71. The molecule has 1 aromatic carbocycles. The molecule has 0 fully saturated rings. The molecule has 0 aliphatic heterocycles. The number of imidazole rings is 1. The Morgan fingerprint density at radius 3 is 2.81 bits per heavy atom. The Kier molecular flexibility index (Phi) is 3.72. The largest absolute Gasteiger partial charge is 0.461 e. The lowest BCUT2D eigenvalue weighted by Crippen LogP contribution is -2.08. The number of fused-ring (bicyclic) bond motifs is 1. The van der Waals surface area contributed by atoms with Crippen molar-refractivity contribution in [2.24, 2.45) is 0 Å². The molecule has 0 saturated carbocycles. The molecule has 0 aliphatic rings. The number of benzene rings is 1. The predicted molar refractivity (Wildman–Crippen MR) is 80.4 cm³/mol. The van der Waals surface area contributed by atoms with E-state index in [0.717, 1.165) is 10.4 Å². The molecule has 0 amide bonds. The van der Waals surface area contributed by atoms with E-state index in [9.17, 15) is 9.90 Å². The van der Waals surface area contributed by atoms with E-state index >= 15 is 0 Å². The fourth-order valence-corrected chi connectivity index (χ4v) is 3.15. The number of thiazole rings is 1. The molecule has 6 heteroatoms. The zero-order chi connectivity index (χ0) is 14.8. The van der Waals surface area contributed by atoms with Crippen LogP contribution in [0.25, 0.3) is 15.4 Å². The third kappa shape index (κ3) is 2.43. The van der Waals surface area contributed by atoms with Crippen LogP contribution in [0.1, 0.15) is 23.1 Å². The van der Waals surface area contributed by atoms with Crippen LogP contribution < -0.4 is 0 Å². The summed E-state index contributed by atoms with van der Waals surface area (Å²) in [4.78, 5) is 17.8. The van der Waals surface area contributed by atoms with E-state index in [1.54, 1.807) is 11.3 Å². The van der Waals surface area contributed by atoms with Crippen LogP contribution >= 0.6 is 11.3 Å². The maximum atomic E-state index is 11.8. The van der Waals surface area contributed by atoms with Crippen LogP contribution in [0.15, 0.2) is 36.5 Å². The molecular formula is C15H14N2O3S. The number of aliphatic hydroxyl groups is 1. The van der Waals surface area contributed by atoms with Crippen molar-refractivity contribution in [2.45, 2.75) is 13.5 Å². The van der Waals surface area contributed by atoms with E-state index in [1.807, 2.05) is 36.5 Å². The second-order valence-corrected chi connectivity index (χ2v) is 5.41. The normalized spacial score (nSPS) is 11.0. The van der Waals surface area contributed by atoms with Crippen LogP contribution in [-0.4, -0.2) is 27.1 Å². The minimum atomic E-state index is -0.501. The monoisotopic (exact) mass is 302 g/mol. The third-order valence-electron chi connectivity index (χ3n) is 3.10. The molecule has 5 nitrogen and oxygen atoms in total. The number of aromatic nitrogens is 2. The summed E-state index contributed by atoms with van der Waals surface area (Å²) >= 11 is 1.47. The standard InChI is InChI=1S/C15H14N2O3S/c1-2-20-14(19)13-11(9-18)17-8-12(21-15(17)16-13)10-6-4-3-5-7-10/h3-8,18H,2,9H2,1H3. The fraction of sp³-hybridized carbons (Fsp3) is 0.200. The van der Waals surface area contributed by atoms with E-state index < -0.39 is 5.97 Å². The number of esters is 1. The smallest absolute Gasteiger partial charge is 0.358 e. The van der Waals surface area contributed by atoms with Crippen molar-refractivity contribution in [1.82, 2.24) is 9.38 Å². The van der Waals surface area contributed by atoms with Crippen molar-refractivity contribution in [1.29, 1.82) is 0 Å². The second-order valence-electron chi connectivity index (χ2n) is 4.40. The van der Waals surface area contributed by atoms with Crippen molar-refractivity contribution in [3.8, 4) is 10.4 Å². The van der Waals surface area contributed by atoms with Gasteiger partial charge in [-0.1, -0.05) is 41.7 Å². The molecule has 0 aliphatic carbocycles. The second kappa shape index (κ2) is 5.67. The Bertz CT molecular complexity index is 777. The van der Waals surface area contributed by atoms with Gasteiger partial charge in [0, 0.05) is 6.20 Å². The maximum absolute atomic E-state index is 11.8. The maximum Gasteiger partial charge on any atom is 0.358 e. The lowest BCUT2D eigenvalue weighted by atomic mass is 10.2. The van der Waals surface area contributed by atoms with Crippen LogP contribution in [0.3, 0.4) is 0 Å². The highest BCUT2D eigenvalue weighted by molar-refractivity contribution is 7.20. The summed E-state index contributed by atoms with van der Waals surface area (Å²) in [5.41, 5.74) is 1.72. The molecule has 0 unspecified atom stereocenters. The molecule has 1 N–H and O–H groups in total. The van der Waals surface area contributed by atoms with Crippen LogP contribution in [0.4, 0.5) is 0 Å². The van der Waals surface area contributed by atoms with Gasteiger partial charge in [0.15, 0.2) is 10.7 Å². The van der Waals surface area contributed by atoms with E-state index in [-0.39, 0.29) is 18.9 Å². The number of aliphatic hydroxyl groups excluding tert-OH is 1. The summed E-state index contributed by atoms with van der Waals surface area (Å²) in [6, 6.07) is 9.91. The van der Waals surface area contributed by atoms with Gasteiger partial charge >= 0.3 is 5.97 Å². The molecule has 21 heavy (non-hydrogen) atoms. The topological polar surface area (TPSA) is 63.8 Å². The van der Waals surface area contributed by atoms with E-state index in [2.05, 4.69) is 4.98 Å². The van der Waals surface area contributed by atoms with Gasteiger partial charge in [0.05, 0.1) is 23.8 Å². The highest BCUT2D eigenvalue weighted by atomic mass is 32.1. The molecule has 2 heterocycles. The van der Waals surface area contributed by atoms with Crippen molar-refractivity contribution in [3.63, 3.8) is 0 Å². The molecule has 2 aromatic heterocycles. The average molecular weight is 302 g/mol. The van der Waals surface area contributed by atoms with E-state index in [1.165, 1.54) is 11.3 Å². The van der Waals surface area contributed by atoms with Crippen LogP contribution in [-0.2, 0) is 11.3 Å². The molecule has 0 saturated heterocycles. The lowest BCUT2D eigenvalue weighted by molar-refractivity contribution is 0.0516. The van der Waals surface area contributed by atoms with Crippen molar-refractivity contribution < 1.29 is 14.6 Å². The molecule has 108 valence electrons. The predicted octanol–water partition coefficient (Wildman–Crippen LogP) is 2.73. The molecule has 3 aromatic rings. The summed E-state index contributed by atoms with van der Waals surface area (Å²) in [7, 11) is 0. The number of rotatable bonds is 4. The Morgan fingerprint density at radius 1 is 1.38 bits per heavy atom. The van der Waals surface area contributed by atoms with Gasteiger partial charge in [-0.05, 0) is 12.5 Å². The molecule has 0 spiro atoms. The summed E-state index contributed by atoms with van der Waals surface area (Å²) in [6.07, 6.45) is 1.89. The first-order chi connectivity index (χ1) is 10.2. The molecular weight excluding hydrogens is 288 g/mol. The van der Waals surface area contributed by atoms with Gasteiger partial charge in [0.25, 0.3) is 0 Å². The summed E-state index contributed by atoms with van der Waals surface area (Å²) in [5.74, 6) is -0.501. The van der Waals surface area contributed by atoms with Crippen molar-refractivity contribution >= 4 is 22.3 Å². The summed E-state index contributed by atoms with van der Waals surface area (Å²) in [5, 5.41) is 9.54. The van der Waals surface area contributed by atoms with Gasteiger partial charge in [-0.15, -0.1) is 0 Å². The van der Waals surface area contributed by atoms with Crippen molar-refractivity contribution in [3.05, 3.63) is 47.9 Å². The van der Waals surface area contributed by atoms with Gasteiger partial charge in [-0.2, -0.15) is 0 Å². The molecule has 0 radical (unpaired) electrons. The van der Waals surface area contributed by atoms with Gasteiger partial charge in [0.2, 0.25) is 0 Å². The van der Waals surface area contributed by atoms with Crippen molar-refractivity contribution in [2.75, 3.05) is 6.61 Å². The van der Waals surface area contributed by atoms with Gasteiger partial charge in [-0.3, -0.25) is 4.40 Å². The van der Waals surface area contributed by atoms with E-state index in [0.29, 0.717) is 10.7 Å². The minimum absolute atomic E-state index is 0.185. The first kappa shape index (κ1) is 13.8. The fourth-order valence-electron chi connectivity index (χ4n) is 2.14. The number of hydrogen-bond acceptors (Lipinski definition) is 5. The van der Waals surface area contributed by atoms with Crippen LogP contribution in [0.5, 0.6) is 0 Å². The van der Waals surface area contributed by atoms with Gasteiger partial charge in [-0.25, -0.2) is 9.78 Å². The minimum Gasteiger partial charge on any atom is -0.461 e. The van der Waals surface area contributed by atoms with Gasteiger partial charge < -0.3 is 9.84 Å². The SMILES string of the molecule is CCOC(=O)c1nc2sc(-c3ccccc3)cn2c1CO. The summed E-state index contributed by atoms with van der Waals surface area (Å²) in [6.45, 7) is 1.76. The quantitative estimate of drug-likeness (QED) is 0.753. The van der Waals surface area contributed by atoms with Crippen LogP contribution in [0, 0.1) is 0 Å². The highest BCUT2D eigenvalue weighted by Gasteiger charge is 2.21. The molecule has 0 atom stereocenters. The lowest BCUT2D eigenvalue weighted by Gasteiger charge is -2.01. The number of ether oxygens (including phenoxy) is 1. The van der Waals surface area contributed by atoms with Crippen LogP contribution in [0.2, 0.25) is 0 Å². The molecule has 3 rings (SSSR count). The third-order valence-corrected chi connectivity index (χ3v) is 4.13. The number of carbonyl (C=O) groups is 1. The number of nitrogens with zero attached hydrogens (tertiary/aromatic N) is 2. The van der Waals surface area contributed by atoms with E-state index in [4.69, 9.17) is 4.74 Å². The number of hydrogen-bond donors (Lipinski definition) is 1. The first-order valence-corrected chi connectivity index (χ1v) is 7.40. The Labute approximate surface area is 125 Å². The Balaban J connectivity index is 2.08. The molecule has 0 bridgehead atoms. The Hall–Kier alpha value is -2.18. The highest BCUT2D eigenvalue weighted by Crippen LogP contribution is 2.30. The van der Waals surface area contributed by atoms with Gasteiger partial charge in [0.1, 0.15) is 0 Å². The first-order valence-electron chi connectivity index (χ1n) is 6.58. The zero-order valence-electron chi connectivity index (χ0n) is 11.4. The average Bonchev–Trinajstić information content (AvgIpc) is 3.05. The number of carbonyl (C=O) groups excluding carboxylic acids is 1.